The van der Waals surface area contributed by atoms with Crippen LogP contribution in [-0.2, 0) is 0 Å². The number of aromatic nitrogens is 2. The first-order valence-corrected chi connectivity index (χ1v) is 4.53. The smallest absolute Gasteiger partial charge is 0.172 e. The van der Waals surface area contributed by atoms with E-state index in [0.717, 1.165) is 5.69 Å². The van der Waals surface area contributed by atoms with Gasteiger partial charge >= 0.3 is 0 Å². The molecule has 1 heterocycles. The van der Waals surface area contributed by atoms with Crippen LogP contribution in [-0.4, -0.2) is 21.2 Å². The van der Waals surface area contributed by atoms with Gasteiger partial charge in [-0.2, -0.15) is 5.10 Å². The molecule has 2 aromatic rings. The molecular formula is C11H10N2O2. The number of rotatable bonds is 2. The molecule has 15 heavy (non-hydrogen) atoms. The molecule has 0 fully saturated rings. The van der Waals surface area contributed by atoms with Crippen LogP contribution in [0.25, 0.3) is 5.69 Å². The molecule has 0 aliphatic heterocycles. The largest absolute Gasteiger partial charge is 0.504 e. The predicted molar refractivity (Wildman–Crippen MR) is 55.4 cm³/mol. The number of benzene rings is 1. The van der Waals surface area contributed by atoms with Crippen molar-refractivity contribution in [2.24, 2.45) is 0 Å². The van der Waals surface area contributed by atoms with E-state index in [0.29, 0.717) is 12.0 Å². The van der Waals surface area contributed by atoms with E-state index in [2.05, 4.69) is 5.10 Å². The highest BCUT2D eigenvalue weighted by molar-refractivity contribution is 5.78. The quantitative estimate of drug-likeness (QED) is 0.754. The zero-order valence-corrected chi connectivity index (χ0v) is 8.21. The monoisotopic (exact) mass is 202 g/mol. The molecule has 0 spiro atoms. The van der Waals surface area contributed by atoms with Gasteiger partial charge in [0.15, 0.2) is 12.0 Å². The highest BCUT2D eigenvalue weighted by Crippen LogP contribution is 2.22. The predicted octanol–water partition coefficient (Wildman–Crippen LogP) is 1.70. The molecule has 0 saturated carbocycles. The third-order valence-corrected chi connectivity index (χ3v) is 2.18. The van der Waals surface area contributed by atoms with E-state index in [1.807, 2.05) is 30.3 Å². The Balaban J connectivity index is 2.63. The minimum absolute atomic E-state index is 0.0612. The molecule has 0 saturated heterocycles. The highest BCUT2D eigenvalue weighted by Gasteiger charge is 2.14. The molecule has 4 nitrogen and oxygen atoms in total. The summed E-state index contributed by atoms with van der Waals surface area (Å²) < 4.78 is 1.43. The van der Waals surface area contributed by atoms with Gasteiger partial charge in [0.25, 0.3) is 0 Å². The van der Waals surface area contributed by atoms with E-state index in [-0.39, 0.29) is 11.4 Å². The van der Waals surface area contributed by atoms with E-state index in [9.17, 15) is 9.90 Å². The third-order valence-electron chi connectivity index (χ3n) is 2.18. The molecule has 1 N–H and O–H groups in total. The van der Waals surface area contributed by atoms with Crippen LogP contribution < -0.4 is 0 Å². The molecule has 0 atom stereocenters. The number of carbonyl (C=O) groups excluding carboxylic acids is 1. The molecule has 0 aliphatic carbocycles. The van der Waals surface area contributed by atoms with Crippen LogP contribution in [0.15, 0.2) is 30.3 Å². The Labute approximate surface area is 86.8 Å². The van der Waals surface area contributed by atoms with Crippen molar-refractivity contribution >= 4 is 6.29 Å². The van der Waals surface area contributed by atoms with Crippen molar-refractivity contribution in [1.82, 2.24) is 9.78 Å². The number of aryl methyl sites for hydroxylation is 1. The van der Waals surface area contributed by atoms with Gasteiger partial charge < -0.3 is 5.11 Å². The average molecular weight is 202 g/mol. The van der Waals surface area contributed by atoms with Crippen LogP contribution in [0, 0.1) is 6.92 Å². The Morgan fingerprint density at radius 1 is 1.33 bits per heavy atom. The molecular weight excluding hydrogens is 192 g/mol. The first-order valence-electron chi connectivity index (χ1n) is 4.53. The maximum Gasteiger partial charge on any atom is 0.172 e. The van der Waals surface area contributed by atoms with Crippen LogP contribution in [0.3, 0.4) is 0 Å². The van der Waals surface area contributed by atoms with Crippen molar-refractivity contribution in [1.29, 1.82) is 0 Å². The molecule has 1 aromatic carbocycles. The normalized spacial score (nSPS) is 10.2. The first kappa shape index (κ1) is 9.45. The number of hydrogen-bond acceptors (Lipinski definition) is 3. The Kier molecular flexibility index (Phi) is 2.25. The third kappa shape index (κ3) is 1.50. The molecule has 0 amide bonds. The fourth-order valence-corrected chi connectivity index (χ4v) is 1.41. The van der Waals surface area contributed by atoms with E-state index in [1.54, 1.807) is 6.92 Å². The van der Waals surface area contributed by atoms with Gasteiger partial charge in [-0.1, -0.05) is 18.2 Å². The standard InChI is InChI=1S/C11H10N2O2/c1-8-11(15)10(7-14)13(12-8)9-5-3-2-4-6-9/h2-7,15H,1H3. The van der Waals surface area contributed by atoms with Gasteiger partial charge in [-0.3, -0.25) is 4.79 Å². The first-order chi connectivity index (χ1) is 7.24. The summed E-state index contributed by atoms with van der Waals surface area (Å²) in [6.07, 6.45) is 0.600. The van der Waals surface area contributed by atoms with Crippen LogP contribution in [0.1, 0.15) is 16.2 Å². The number of carbonyl (C=O) groups is 1. The SMILES string of the molecule is Cc1nn(-c2ccccc2)c(C=O)c1O. The van der Waals surface area contributed by atoms with Crippen LogP contribution in [0.2, 0.25) is 0 Å². The summed E-state index contributed by atoms with van der Waals surface area (Å²) in [6, 6.07) is 9.20. The van der Waals surface area contributed by atoms with Gasteiger partial charge in [-0.25, -0.2) is 4.68 Å². The second-order valence-electron chi connectivity index (χ2n) is 3.18. The Bertz CT molecular complexity index is 489. The van der Waals surface area contributed by atoms with Crippen LogP contribution in [0.4, 0.5) is 0 Å². The lowest BCUT2D eigenvalue weighted by Crippen LogP contribution is -2.00. The van der Waals surface area contributed by atoms with Gasteiger partial charge in [0.1, 0.15) is 11.4 Å². The minimum Gasteiger partial charge on any atom is -0.504 e. The summed E-state index contributed by atoms with van der Waals surface area (Å²) in [5.74, 6) is -0.0612. The van der Waals surface area contributed by atoms with Crippen molar-refractivity contribution in [3.63, 3.8) is 0 Å². The van der Waals surface area contributed by atoms with E-state index in [4.69, 9.17) is 0 Å². The van der Waals surface area contributed by atoms with Gasteiger partial charge in [-0.15, -0.1) is 0 Å². The zero-order chi connectivity index (χ0) is 10.8. The summed E-state index contributed by atoms with van der Waals surface area (Å²) in [6.45, 7) is 1.65. The molecule has 76 valence electrons. The van der Waals surface area contributed by atoms with Crippen molar-refractivity contribution in [2.75, 3.05) is 0 Å². The lowest BCUT2D eigenvalue weighted by molar-refractivity contribution is 0.111. The van der Waals surface area contributed by atoms with E-state index >= 15 is 0 Å². The van der Waals surface area contributed by atoms with Gasteiger partial charge in [0, 0.05) is 0 Å². The topological polar surface area (TPSA) is 55.1 Å². The number of nitrogens with zero attached hydrogens (tertiary/aromatic N) is 2. The second kappa shape index (κ2) is 3.57. The van der Waals surface area contributed by atoms with Gasteiger partial charge in [0.2, 0.25) is 0 Å². The van der Waals surface area contributed by atoms with Gasteiger partial charge in [-0.05, 0) is 19.1 Å². The van der Waals surface area contributed by atoms with E-state index in [1.165, 1.54) is 4.68 Å². The molecule has 4 heteroatoms. The van der Waals surface area contributed by atoms with Crippen molar-refractivity contribution < 1.29 is 9.90 Å². The average Bonchev–Trinajstić information content (AvgIpc) is 2.56. The van der Waals surface area contributed by atoms with Crippen molar-refractivity contribution in [2.45, 2.75) is 6.92 Å². The number of aromatic hydroxyl groups is 1. The Morgan fingerprint density at radius 3 is 2.60 bits per heavy atom. The van der Waals surface area contributed by atoms with Crippen molar-refractivity contribution in [3.8, 4) is 11.4 Å². The van der Waals surface area contributed by atoms with Crippen LogP contribution in [0.5, 0.6) is 5.75 Å². The molecule has 0 aliphatic rings. The second-order valence-corrected chi connectivity index (χ2v) is 3.18. The Hall–Kier alpha value is -2.10. The van der Waals surface area contributed by atoms with Gasteiger partial charge in [0.05, 0.1) is 5.69 Å². The summed E-state index contributed by atoms with van der Waals surface area (Å²) in [5, 5.41) is 13.7. The molecule has 2 rings (SSSR count). The highest BCUT2D eigenvalue weighted by atomic mass is 16.3. The number of hydrogen-bond donors (Lipinski definition) is 1. The summed E-state index contributed by atoms with van der Waals surface area (Å²) in [7, 11) is 0. The van der Waals surface area contributed by atoms with Crippen molar-refractivity contribution in [3.05, 3.63) is 41.7 Å². The molecule has 0 radical (unpaired) electrons. The molecule has 1 aromatic heterocycles. The molecule has 0 unspecified atom stereocenters. The maximum atomic E-state index is 10.8. The fraction of sp³-hybridized carbons (Fsp3) is 0.0909. The lowest BCUT2D eigenvalue weighted by Gasteiger charge is -2.01. The summed E-state index contributed by atoms with van der Waals surface area (Å²) in [4.78, 5) is 10.8. The number of para-hydroxylation sites is 1. The fourth-order valence-electron chi connectivity index (χ4n) is 1.41. The lowest BCUT2D eigenvalue weighted by atomic mass is 10.3. The number of aldehydes is 1. The summed E-state index contributed by atoms with van der Waals surface area (Å²) in [5.41, 5.74) is 1.38. The maximum absolute atomic E-state index is 10.8. The Morgan fingerprint density at radius 2 is 2.00 bits per heavy atom. The molecule has 0 bridgehead atoms. The minimum atomic E-state index is -0.0612. The van der Waals surface area contributed by atoms with Crippen LogP contribution >= 0.6 is 0 Å². The van der Waals surface area contributed by atoms with E-state index < -0.39 is 0 Å². The zero-order valence-electron chi connectivity index (χ0n) is 8.21. The summed E-state index contributed by atoms with van der Waals surface area (Å²) >= 11 is 0.